The Morgan fingerprint density at radius 2 is 1.65 bits per heavy atom. The maximum Gasteiger partial charge on any atom is 0.417 e. The van der Waals surface area contributed by atoms with Gasteiger partial charge in [-0.15, -0.1) is 11.6 Å². The second-order valence-electron chi connectivity index (χ2n) is 9.27. The number of carbonyl (C=O) groups excluding carboxylic acids is 2. The van der Waals surface area contributed by atoms with Crippen LogP contribution >= 0.6 is 11.6 Å². The molecule has 190 valence electrons. The van der Waals surface area contributed by atoms with Crippen molar-refractivity contribution in [2.45, 2.75) is 108 Å². The summed E-state index contributed by atoms with van der Waals surface area (Å²) in [4.78, 5) is 26.0. The number of amides is 2. The van der Waals surface area contributed by atoms with Crippen LogP contribution in [0.5, 0.6) is 0 Å². The summed E-state index contributed by atoms with van der Waals surface area (Å²) in [5.41, 5.74) is 1.00. The molecule has 0 saturated carbocycles. The number of cyclic esters (lactones) is 1. The van der Waals surface area contributed by atoms with E-state index in [-0.39, 0.29) is 6.61 Å². The normalized spacial score (nSPS) is 17.8. The van der Waals surface area contributed by atoms with Gasteiger partial charge in [-0.05, 0) is 24.8 Å². The first-order chi connectivity index (χ1) is 16.5. The highest BCUT2D eigenvalue weighted by Crippen LogP contribution is 2.21. The van der Waals surface area contributed by atoms with Crippen molar-refractivity contribution in [1.82, 2.24) is 4.90 Å². The molecule has 1 saturated heterocycles. The number of aliphatic hydroxyl groups is 1. The number of nitrogens with zero attached hydrogens (tertiary/aromatic N) is 1. The quantitative estimate of drug-likeness (QED) is 0.148. The molecule has 0 bridgehead atoms. The molecule has 6 heteroatoms. The van der Waals surface area contributed by atoms with E-state index < -0.39 is 29.5 Å². The number of benzene rings is 1. The summed E-state index contributed by atoms with van der Waals surface area (Å²) >= 11 is 6.25. The van der Waals surface area contributed by atoms with E-state index in [2.05, 4.69) is 6.92 Å². The molecule has 1 aliphatic heterocycles. The zero-order valence-corrected chi connectivity index (χ0v) is 21.4. The number of unbranched alkanes of at least 4 members (excludes halogenated alkanes) is 11. The average Bonchev–Trinajstić information content (AvgIpc) is 3.21. The monoisotopic (exact) mass is 491 g/mol. The lowest BCUT2D eigenvalue weighted by atomic mass is 10.0. The Balaban J connectivity index is 1.63. The van der Waals surface area contributed by atoms with Crippen LogP contribution < -0.4 is 0 Å². The Morgan fingerprint density at radius 1 is 1.06 bits per heavy atom. The summed E-state index contributed by atoms with van der Waals surface area (Å²) in [5.74, 6) is -0.614. The first kappa shape index (κ1) is 28.4. The number of allylic oxidation sites excluding steroid dienone is 1. The Bertz CT molecular complexity index is 739. The lowest BCUT2D eigenvalue weighted by molar-refractivity contribution is -0.130. The highest BCUT2D eigenvalue weighted by molar-refractivity contribution is 6.32. The van der Waals surface area contributed by atoms with Gasteiger partial charge < -0.3 is 9.84 Å². The molecule has 0 aliphatic carbocycles. The predicted molar refractivity (Wildman–Crippen MR) is 138 cm³/mol. The molecular formula is C28H42ClNO4. The minimum absolute atomic E-state index is 0.133. The third kappa shape index (κ3) is 10.2. The van der Waals surface area contributed by atoms with Crippen LogP contribution in [0.15, 0.2) is 42.5 Å². The van der Waals surface area contributed by atoms with Crippen LogP contribution in [0.25, 0.3) is 0 Å². The summed E-state index contributed by atoms with van der Waals surface area (Å²) in [5, 5.41) is 9.14. The largest absolute Gasteiger partial charge is 0.447 e. The summed E-state index contributed by atoms with van der Waals surface area (Å²) < 4.78 is 5.09. The van der Waals surface area contributed by atoms with E-state index in [0.29, 0.717) is 6.42 Å². The minimum atomic E-state index is -1.22. The molecule has 0 spiro atoms. The van der Waals surface area contributed by atoms with Crippen molar-refractivity contribution in [3.63, 3.8) is 0 Å². The van der Waals surface area contributed by atoms with Gasteiger partial charge in [-0.1, -0.05) is 114 Å². The number of ether oxygens (including phenoxy) is 1. The molecule has 3 atom stereocenters. The van der Waals surface area contributed by atoms with Crippen molar-refractivity contribution in [2.75, 3.05) is 6.61 Å². The van der Waals surface area contributed by atoms with Crippen LogP contribution in [0.2, 0.25) is 0 Å². The highest BCUT2D eigenvalue weighted by Gasteiger charge is 2.41. The maximum absolute atomic E-state index is 12.8. The molecule has 34 heavy (non-hydrogen) atoms. The number of carbonyl (C=O) groups is 2. The van der Waals surface area contributed by atoms with Crippen LogP contribution in [0.3, 0.4) is 0 Å². The van der Waals surface area contributed by atoms with E-state index in [4.69, 9.17) is 16.3 Å². The molecule has 1 fully saturated rings. The van der Waals surface area contributed by atoms with Crippen LogP contribution in [-0.4, -0.2) is 46.1 Å². The lowest BCUT2D eigenvalue weighted by Crippen LogP contribution is -2.47. The molecular weight excluding hydrogens is 450 g/mol. The van der Waals surface area contributed by atoms with Gasteiger partial charge in [-0.2, -0.15) is 0 Å². The Morgan fingerprint density at radius 3 is 2.26 bits per heavy atom. The van der Waals surface area contributed by atoms with Gasteiger partial charge in [0, 0.05) is 0 Å². The number of rotatable bonds is 17. The van der Waals surface area contributed by atoms with Gasteiger partial charge in [0.15, 0.2) is 0 Å². The molecule has 1 heterocycles. The summed E-state index contributed by atoms with van der Waals surface area (Å²) in [6, 6.07) is 9.19. The molecule has 3 unspecified atom stereocenters. The van der Waals surface area contributed by atoms with E-state index in [9.17, 15) is 14.7 Å². The van der Waals surface area contributed by atoms with E-state index in [1.165, 1.54) is 64.2 Å². The van der Waals surface area contributed by atoms with E-state index >= 15 is 0 Å². The molecule has 1 aromatic carbocycles. The fourth-order valence-corrected chi connectivity index (χ4v) is 4.49. The van der Waals surface area contributed by atoms with Gasteiger partial charge in [-0.3, -0.25) is 4.79 Å². The second kappa shape index (κ2) is 16.7. The summed E-state index contributed by atoms with van der Waals surface area (Å²) in [7, 11) is 0. The van der Waals surface area contributed by atoms with Gasteiger partial charge in [0.2, 0.25) is 0 Å². The first-order valence-electron chi connectivity index (χ1n) is 13.1. The van der Waals surface area contributed by atoms with Gasteiger partial charge in [-0.25, -0.2) is 9.69 Å². The van der Waals surface area contributed by atoms with Crippen LogP contribution in [-0.2, 0) is 16.0 Å². The number of hydrogen-bond acceptors (Lipinski definition) is 4. The number of alkyl halides is 1. The van der Waals surface area contributed by atoms with E-state index in [1.54, 1.807) is 6.08 Å². The van der Waals surface area contributed by atoms with Gasteiger partial charge in [0.25, 0.3) is 5.91 Å². The SMILES string of the molecule is CCCCCCCCCCCCCC=CC(O)C(Cl)C(=O)N1C(=O)OCC1Cc1ccccc1. The molecule has 0 radical (unpaired) electrons. The fourth-order valence-electron chi connectivity index (χ4n) is 4.31. The molecule has 1 aliphatic rings. The molecule has 0 aromatic heterocycles. The van der Waals surface area contributed by atoms with Gasteiger partial charge >= 0.3 is 6.09 Å². The fraction of sp³-hybridized carbons (Fsp3) is 0.643. The summed E-state index contributed by atoms with van der Waals surface area (Å²) in [6.07, 6.45) is 17.1. The average molecular weight is 492 g/mol. The Labute approximate surface area is 210 Å². The van der Waals surface area contributed by atoms with Gasteiger partial charge in [0.1, 0.15) is 12.0 Å². The third-order valence-corrected chi connectivity index (χ3v) is 6.80. The van der Waals surface area contributed by atoms with Gasteiger partial charge in [0.05, 0.1) is 12.1 Å². The minimum Gasteiger partial charge on any atom is -0.447 e. The van der Waals surface area contributed by atoms with E-state index in [0.717, 1.165) is 23.3 Å². The molecule has 1 N–H and O–H groups in total. The number of halogens is 1. The Hall–Kier alpha value is -1.85. The van der Waals surface area contributed by atoms with Crippen molar-refractivity contribution >= 4 is 23.6 Å². The van der Waals surface area contributed by atoms with Crippen molar-refractivity contribution in [1.29, 1.82) is 0 Å². The lowest BCUT2D eigenvalue weighted by Gasteiger charge is -2.23. The molecule has 2 amide bonds. The zero-order chi connectivity index (χ0) is 24.6. The van der Waals surface area contributed by atoms with Crippen molar-refractivity contribution in [3.8, 4) is 0 Å². The molecule has 1 aromatic rings. The third-order valence-electron chi connectivity index (χ3n) is 6.36. The number of aliphatic hydroxyl groups excluding tert-OH is 1. The van der Waals surface area contributed by atoms with Crippen LogP contribution in [0, 0.1) is 0 Å². The van der Waals surface area contributed by atoms with E-state index in [1.807, 2.05) is 36.4 Å². The predicted octanol–water partition coefficient (Wildman–Crippen LogP) is 6.80. The van der Waals surface area contributed by atoms with Crippen LogP contribution in [0.4, 0.5) is 4.79 Å². The second-order valence-corrected chi connectivity index (χ2v) is 9.74. The first-order valence-corrected chi connectivity index (χ1v) is 13.5. The number of hydrogen-bond donors (Lipinski definition) is 1. The topological polar surface area (TPSA) is 66.8 Å². The van der Waals surface area contributed by atoms with Crippen molar-refractivity contribution in [2.24, 2.45) is 0 Å². The van der Waals surface area contributed by atoms with Crippen molar-refractivity contribution < 1.29 is 19.4 Å². The molecule has 2 rings (SSSR count). The highest BCUT2D eigenvalue weighted by atomic mass is 35.5. The zero-order valence-electron chi connectivity index (χ0n) is 20.7. The number of imide groups is 1. The smallest absolute Gasteiger partial charge is 0.417 e. The standard InChI is InChI=1S/C28H42ClNO4/c1-2-3-4-5-6-7-8-9-10-11-12-13-17-20-25(31)26(29)27(32)30-24(22-34-28(30)33)21-23-18-15-14-16-19-23/h14-20,24-26,31H,2-13,21-22H2,1H3. The molecule has 5 nitrogen and oxygen atoms in total. The summed E-state index contributed by atoms with van der Waals surface area (Å²) in [6.45, 7) is 2.38. The maximum atomic E-state index is 12.8. The van der Waals surface area contributed by atoms with Crippen LogP contribution in [0.1, 0.15) is 89.5 Å². The Kier molecular flexibility index (Phi) is 14.0. The van der Waals surface area contributed by atoms with Crippen molar-refractivity contribution in [3.05, 3.63) is 48.0 Å².